The van der Waals surface area contributed by atoms with Crippen LogP contribution in [-0.2, 0) is 0 Å². The van der Waals surface area contributed by atoms with Crippen molar-refractivity contribution in [1.82, 2.24) is 0 Å². The summed E-state index contributed by atoms with van der Waals surface area (Å²) in [5.74, 6) is -1.26. The van der Waals surface area contributed by atoms with E-state index in [1.54, 1.807) is 42.5 Å². The van der Waals surface area contributed by atoms with Crippen LogP contribution in [0.2, 0.25) is 0 Å². The molecule has 0 amide bonds. The van der Waals surface area contributed by atoms with Gasteiger partial charge in [0.25, 0.3) is 5.76 Å². The van der Waals surface area contributed by atoms with Crippen molar-refractivity contribution >= 4 is 23.4 Å². The zero-order valence-corrected chi connectivity index (χ0v) is 13.8. The summed E-state index contributed by atoms with van der Waals surface area (Å²) in [7, 11) is 0. The third kappa shape index (κ3) is 4.37. The number of thioether (sulfide) groups is 1. The van der Waals surface area contributed by atoms with E-state index in [0.717, 1.165) is 11.1 Å². The molecule has 3 aromatic rings. The number of furan rings is 1. The number of allylic oxidation sites excluding steroid dienone is 1. The summed E-state index contributed by atoms with van der Waals surface area (Å²) in [6.07, 6.45) is 1.68. The van der Waals surface area contributed by atoms with Crippen molar-refractivity contribution in [1.29, 1.82) is 5.26 Å². The minimum atomic E-state index is -2.44. The van der Waals surface area contributed by atoms with Crippen LogP contribution in [0.5, 0.6) is 0 Å². The molecule has 5 heteroatoms. The zero-order chi connectivity index (χ0) is 17.6. The summed E-state index contributed by atoms with van der Waals surface area (Å²) in [6, 6.07) is 21.8. The van der Waals surface area contributed by atoms with Crippen LogP contribution in [0.15, 0.2) is 76.0 Å². The van der Waals surface area contributed by atoms with Gasteiger partial charge in [-0.1, -0.05) is 54.2 Å². The highest BCUT2D eigenvalue weighted by Gasteiger charge is 2.08. The van der Waals surface area contributed by atoms with E-state index >= 15 is 0 Å². The summed E-state index contributed by atoms with van der Waals surface area (Å²) in [4.78, 5) is 0.501. The van der Waals surface area contributed by atoms with Gasteiger partial charge in [-0.3, -0.25) is 0 Å². The first-order valence-corrected chi connectivity index (χ1v) is 8.36. The Hall–Kier alpha value is -2.84. The second-order valence-corrected chi connectivity index (χ2v) is 6.20. The molecule has 0 radical (unpaired) electrons. The van der Waals surface area contributed by atoms with Crippen LogP contribution in [-0.4, -0.2) is 5.76 Å². The summed E-state index contributed by atoms with van der Waals surface area (Å²) in [6.45, 7) is 0. The van der Waals surface area contributed by atoms with Gasteiger partial charge >= 0.3 is 0 Å². The van der Waals surface area contributed by atoms with Crippen LogP contribution in [0, 0.1) is 11.3 Å². The number of alkyl halides is 2. The van der Waals surface area contributed by atoms with Crippen molar-refractivity contribution in [3.63, 3.8) is 0 Å². The molecular weight excluding hydrogens is 340 g/mol. The zero-order valence-electron chi connectivity index (χ0n) is 13.0. The number of halogens is 2. The van der Waals surface area contributed by atoms with E-state index in [9.17, 15) is 14.0 Å². The molecule has 2 nitrogen and oxygen atoms in total. The Morgan fingerprint density at radius 2 is 1.72 bits per heavy atom. The fourth-order valence-corrected chi connectivity index (χ4v) is 2.83. The maximum Gasteiger partial charge on any atom is 0.288 e. The molecule has 1 heterocycles. The van der Waals surface area contributed by atoms with Crippen molar-refractivity contribution in [2.45, 2.75) is 10.7 Å². The standard InChI is InChI=1S/C20H13F2NOS/c21-20(22)25-18-9-6-15(7-10-18)19-11-8-17(24-19)12-16(13-23)14-4-2-1-3-5-14/h1-12,20H. The summed E-state index contributed by atoms with van der Waals surface area (Å²) in [5, 5.41) is 9.34. The topological polar surface area (TPSA) is 36.9 Å². The number of nitriles is 1. The molecule has 0 saturated carbocycles. The first-order chi connectivity index (χ1) is 12.2. The lowest BCUT2D eigenvalue weighted by Crippen LogP contribution is -1.81. The third-order valence-corrected chi connectivity index (χ3v) is 4.21. The number of nitrogens with zero attached hydrogens (tertiary/aromatic N) is 1. The molecule has 25 heavy (non-hydrogen) atoms. The van der Waals surface area contributed by atoms with E-state index in [1.807, 2.05) is 30.3 Å². The molecule has 0 N–H and O–H groups in total. The highest BCUT2D eigenvalue weighted by molar-refractivity contribution is 7.99. The highest BCUT2D eigenvalue weighted by Crippen LogP contribution is 2.29. The van der Waals surface area contributed by atoms with E-state index in [1.165, 1.54) is 0 Å². The smallest absolute Gasteiger partial charge is 0.288 e. The lowest BCUT2D eigenvalue weighted by atomic mass is 10.1. The fourth-order valence-electron chi connectivity index (χ4n) is 2.33. The van der Waals surface area contributed by atoms with Crippen LogP contribution < -0.4 is 0 Å². The average molecular weight is 353 g/mol. The van der Waals surface area contributed by atoms with E-state index in [4.69, 9.17) is 4.42 Å². The first-order valence-electron chi connectivity index (χ1n) is 7.48. The molecule has 0 unspecified atom stereocenters. The van der Waals surface area contributed by atoms with E-state index in [2.05, 4.69) is 6.07 Å². The van der Waals surface area contributed by atoms with E-state index in [-0.39, 0.29) is 0 Å². The van der Waals surface area contributed by atoms with Crippen LogP contribution in [0.4, 0.5) is 8.78 Å². The van der Waals surface area contributed by atoms with Gasteiger partial charge in [-0.05, 0) is 35.9 Å². The number of hydrogen-bond donors (Lipinski definition) is 0. The van der Waals surface area contributed by atoms with Crippen molar-refractivity contribution in [2.75, 3.05) is 0 Å². The maximum atomic E-state index is 12.4. The van der Waals surface area contributed by atoms with Gasteiger partial charge in [0.2, 0.25) is 0 Å². The van der Waals surface area contributed by atoms with Crippen LogP contribution in [0.25, 0.3) is 23.0 Å². The van der Waals surface area contributed by atoms with E-state index < -0.39 is 5.76 Å². The molecule has 3 rings (SSSR count). The predicted octanol–water partition coefficient (Wildman–Crippen LogP) is 6.33. The Kier molecular flexibility index (Phi) is 5.32. The Balaban J connectivity index is 1.83. The van der Waals surface area contributed by atoms with Crippen molar-refractivity contribution in [3.05, 3.63) is 78.1 Å². The minimum Gasteiger partial charge on any atom is -0.457 e. The normalized spacial score (nSPS) is 11.5. The predicted molar refractivity (Wildman–Crippen MR) is 95.9 cm³/mol. The molecular formula is C20H13F2NOS. The summed E-state index contributed by atoms with van der Waals surface area (Å²) in [5.41, 5.74) is 2.11. The minimum absolute atomic E-state index is 0.501. The SMILES string of the molecule is N#CC(=Cc1ccc(-c2ccc(SC(F)F)cc2)o1)c1ccccc1. The van der Waals surface area contributed by atoms with Crippen LogP contribution in [0.1, 0.15) is 11.3 Å². The first kappa shape index (κ1) is 17.0. The van der Waals surface area contributed by atoms with Gasteiger partial charge in [-0.15, -0.1) is 0 Å². The molecule has 0 bridgehead atoms. The van der Waals surface area contributed by atoms with Crippen molar-refractivity contribution in [2.24, 2.45) is 0 Å². The number of hydrogen-bond acceptors (Lipinski definition) is 3. The molecule has 0 atom stereocenters. The molecule has 124 valence electrons. The Labute approximate surface area is 148 Å². The number of rotatable bonds is 5. The third-order valence-electron chi connectivity index (χ3n) is 3.48. The van der Waals surface area contributed by atoms with Gasteiger partial charge < -0.3 is 4.42 Å². The fraction of sp³-hybridized carbons (Fsp3) is 0.0500. The van der Waals surface area contributed by atoms with Gasteiger partial charge in [0.1, 0.15) is 11.5 Å². The van der Waals surface area contributed by atoms with Crippen molar-refractivity contribution < 1.29 is 13.2 Å². The van der Waals surface area contributed by atoms with Crippen LogP contribution in [0.3, 0.4) is 0 Å². The molecule has 0 fully saturated rings. The number of benzene rings is 2. The summed E-state index contributed by atoms with van der Waals surface area (Å²) >= 11 is 0.507. The highest BCUT2D eigenvalue weighted by atomic mass is 32.2. The molecule has 0 spiro atoms. The lowest BCUT2D eigenvalue weighted by molar-refractivity contribution is 0.252. The Morgan fingerprint density at radius 3 is 2.36 bits per heavy atom. The Bertz CT molecular complexity index is 909. The average Bonchev–Trinajstić information content (AvgIpc) is 3.09. The molecule has 0 aliphatic rings. The molecule has 0 aliphatic carbocycles. The molecule has 2 aromatic carbocycles. The van der Waals surface area contributed by atoms with Gasteiger partial charge in [0.05, 0.1) is 11.6 Å². The largest absolute Gasteiger partial charge is 0.457 e. The summed E-state index contributed by atoms with van der Waals surface area (Å²) < 4.78 is 30.5. The Morgan fingerprint density at radius 1 is 1.00 bits per heavy atom. The van der Waals surface area contributed by atoms with Gasteiger partial charge in [-0.25, -0.2) is 0 Å². The monoisotopic (exact) mass is 353 g/mol. The maximum absolute atomic E-state index is 12.4. The van der Waals surface area contributed by atoms with E-state index in [0.29, 0.717) is 33.8 Å². The molecule has 1 aromatic heterocycles. The van der Waals surface area contributed by atoms with Crippen LogP contribution >= 0.6 is 11.8 Å². The van der Waals surface area contributed by atoms with Crippen molar-refractivity contribution in [3.8, 4) is 17.4 Å². The quantitative estimate of drug-likeness (QED) is 0.397. The lowest BCUT2D eigenvalue weighted by Gasteiger charge is -2.01. The second-order valence-electron chi connectivity index (χ2n) is 5.14. The second kappa shape index (κ2) is 7.82. The van der Waals surface area contributed by atoms with Gasteiger partial charge in [-0.2, -0.15) is 14.0 Å². The molecule has 0 saturated heterocycles. The van der Waals surface area contributed by atoms with Gasteiger partial charge in [0.15, 0.2) is 0 Å². The molecule has 0 aliphatic heterocycles. The van der Waals surface area contributed by atoms with Gasteiger partial charge in [0, 0.05) is 10.5 Å².